The SMILES string of the molecule is O=C1CC[C@H](CCN2CCN(c3ccccc3)CC2)O1. The summed E-state index contributed by atoms with van der Waals surface area (Å²) in [5, 5.41) is 0. The smallest absolute Gasteiger partial charge is 0.306 e. The molecule has 0 spiro atoms. The van der Waals surface area contributed by atoms with E-state index in [9.17, 15) is 4.79 Å². The van der Waals surface area contributed by atoms with Crippen LogP contribution < -0.4 is 4.90 Å². The van der Waals surface area contributed by atoms with Crippen molar-refractivity contribution >= 4 is 11.7 Å². The first-order chi connectivity index (χ1) is 9.81. The maximum Gasteiger partial charge on any atom is 0.306 e. The summed E-state index contributed by atoms with van der Waals surface area (Å²) in [7, 11) is 0. The minimum absolute atomic E-state index is 0.0242. The molecule has 0 radical (unpaired) electrons. The number of carbonyl (C=O) groups is 1. The number of cyclic esters (lactones) is 1. The van der Waals surface area contributed by atoms with Gasteiger partial charge in [-0.15, -0.1) is 0 Å². The van der Waals surface area contributed by atoms with Crippen molar-refractivity contribution in [2.24, 2.45) is 0 Å². The Morgan fingerprint density at radius 3 is 2.50 bits per heavy atom. The van der Waals surface area contributed by atoms with Crippen molar-refractivity contribution in [3.05, 3.63) is 30.3 Å². The van der Waals surface area contributed by atoms with E-state index in [0.717, 1.165) is 45.6 Å². The molecule has 2 aliphatic heterocycles. The molecule has 1 aromatic rings. The molecule has 2 saturated heterocycles. The second kappa shape index (κ2) is 6.27. The van der Waals surface area contributed by atoms with Gasteiger partial charge in [0.25, 0.3) is 0 Å². The average molecular weight is 274 g/mol. The van der Waals surface area contributed by atoms with Crippen LogP contribution in [0.25, 0.3) is 0 Å². The lowest BCUT2D eigenvalue weighted by Crippen LogP contribution is -2.47. The van der Waals surface area contributed by atoms with Gasteiger partial charge in [0, 0.05) is 44.8 Å². The fourth-order valence-electron chi connectivity index (χ4n) is 2.98. The predicted molar refractivity (Wildman–Crippen MR) is 78.8 cm³/mol. The van der Waals surface area contributed by atoms with Gasteiger partial charge in [0.15, 0.2) is 0 Å². The number of hydrogen-bond donors (Lipinski definition) is 0. The molecule has 0 unspecified atom stereocenters. The molecular weight excluding hydrogens is 252 g/mol. The van der Waals surface area contributed by atoms with Crippen LogP contribution in [0.4, 0.5) is 5.69 Å². The van der Waals surface area contributed by atoms with Crippen LogP contribution in [0.5, 0.6) is 0 Å². The van der Waals surface area contributed by atoms with Crippen LogP contribution in [-0.2, 0) is 9.53 Å². The van der Waals surface area contributed by atoms with E-state index in [0.29, 0.717) is 6.42 Å². The van der Waals surface area contributed by atoms with E-state index in [1.807, 2.05) is 0 Å². The zero-order chi connectivity index (χ0) is 13.8. The van der Waals surface area contributed by atoms with E-state index >= 15 is 0 Å². The van der Waals surface area contributed by atoms with Crippen LogP contribution in [0.15, 0.2) is 30.3 Å². The lowest BCUT2D eigenvalue weighted by molar-refractivity contribution is -0.141. The number of hydrogen-bond acceptors (Lipinski definition) is 4. The van der Waals surface area contributed by atoms with E-state index in [4.69, 9.17) is 4.74 Å². The number of carbonyl (C=O) groups excluding carboxylic acids is 1. The van der Waals surface area contributed by atoms with Crippen LogP contribution in [0, 0.1) is 0 Å². The summed E-state index contributed by atoms with van der Waals surface area (Å²) in [5.74, 6) is -0.0242. The summed E-state index contributed by atoms with van der Waals surface area (Å²) in [6.07, 6.45) is 2.65. The van der Waals surface area contributed by atoms with Crippen LogP contribution in [-0.4, -0.2) is 49.7 Å². The highest BCUT2D eigenvalue weighted by Crippen LogP contribution is 2.19. The molecule has 4 nitrogen and oxygen atoms in total. The summed E-state index contributed by atoms with van der Waals surface area (Å²) >= 11 is 0. The third-order valence-corrected chi connectivity index (χ3v) is 4.23. The molecule has 4 heteroatoms. The highest BCUT2D eigenvalue weighted by atomic mass is 16.5. The van der Waals surface area contributed by atoms with Gasteiger partial charge >= 0.3 is 5.97 Å². The fraction of sp³-hybridized carbons (Fsp3) is 0.562. The third kappa shape index (κ3) is 3.31. The number of esters is 1. The molecule has 1 atom stereocenters. The van der Waals surface area contributed by atoms with Gasteiger partial charge in [-0.25, -0.2) is 0 Å². The zero-order valence-corrected chi connectivity index (χ0v) is 11.8. The zero-order valence-electron chi connectivity index (χ0n) is 11.8. The van der Waals surface area contributed by atoms with E-state index in [1.165, 1.54) is 5.69 Å². The lowest BCUT2D eigenvalue weighted by Gasteiger charge is -2.36. The van der Waals surface area contributed by atoms with Crippen LogP contribution in [0.2, 0.25) is 0 Å². The molecule has 108 valence electrons. The van der Waals surface area contributed by atoms with E-state index in [2.05, 4.69) is 40.1 Å². The van der Waals surface area contributed by atoms with Gasteiger partial charge in [-0.05, 0) is 25.0 Å². The van der Waals surface area contributed by atoms with Gasteiger partial charge in [-0.1, -0.05) is 18.2 Å². The molecule has 3 rings (SSSR count). The monoisotopic (exact) mass is 274 g/mol. The Hall–Kier alpha value is -1.55. The van der Waals surface area contributed by atoms with Crippen molar-refractivity contribution in [3.8, 4) is 0 Å². The van der Waals surface area contributed by atoms with Crippen molar-refractivity contribution in [2.75, 3.05) is 37.6 Å². The summed E-state index contributed by atoms with van der Waals surface area (Å²) in [4.78, 5) is 16.0. The number of rotatable bonds is 4. The Bertz CT molecular complexity index is 441. The second-order valence-corrected chi connectivity index (χ2v) is 5.60. The molecule has 0 aromatic heterocycles. The van der Waals surface area contributed by atoms with Gasteiger partial charge in [0.05, 0.1) is 0 Å². The maximum absolute atomic E-state index is 11.1. The summed E-state index contributed by atoms with van der Waals surface area (Å²) < 4.78 is 5.27. The Kier molecular flexibility index (Phi) is 4.21. The Labute approximate surface area is 120 Å². The van der Waals surface area contributed by atoms with Crippen molar-refractivity contribution in [1.82, 2.24) is 4.90 Å². The Balaban J connectivity index is 1.41. The highest BCUT2D eigenvalue weighted by Gasteiger charge is 2.24. The summed E-state index contributed by atoms with van der Waals surface area (Å²) in [6.45, 7) is 5.38. The van der Waals surface area contributed by atoms with Crippen LogP contribution in [0.3, 0.4) is 0 Å². The minimum atomic E-state index is -0.0242. The number of nitrogens with zero attached hydrogens (tertiary/aromatic N) is 2. The van der Waals surface area contributed by atoms with Crippen LogP contribution >= 0.6 is 0 Å². The van der Waals surface area contributed by atoms with Crippen LogP contribution in [0.1, 0.15) is 19.3 Å². The Morgan fingerprint density at radius 1 is 1.10 bits per heavy atom. The van der Waals surface area contributed by atoms with E-state index in [-0.39, 0.29) is 12.1 Å². The topological polar surface area (TPSA) is 32.8 Å². The molecule has 0 aliphatic carbocycles. The molecule has 1 aromatic carbocycles. The standard InChI is InChI=1S/C16H22N2O2/c19-16-7-6-15(20-16)8-9-17-10-12-18(13-11-17)14-4-2-1-3-5-14/h1-5,15H,6-13H2/t15-/m1/s1. The second-order valence-electron chi connectivity index (χ2n) is 5.60. The summed E-state index contributed by atoms with van der Waals surface area (Å²) in [6, 6.07) is 10.6. The maximum atomic E-state index is 11.1. The largest absolute Gasteiger partial charge is 0.462 e. The number of anilines is 1. The first-order valence-electron chi connectivity index (χ1n) is 7.53. The fourth-order valence-corrected chi connectivity index (χ4v) is 2.98. The van der Waals surface area contributed by atoms with Gasteiger partial charge in [0.2, 0.25) is 0 Å². The van der Waals surface area contributed by atoms with Crippen molar-refractivity contribution in [2.45, 2.75) is 25.4 Å². The molecular formula is C16H22N2O2. The predicted octanol–water partition coefficient (Wildman–Crippen LogP) is 1.90. The summed E-state index contributed by atoms with van der Waals surface area (Å²) in [5.41, 5.74) is 1.32. The average Bonchev–Trinajstić information content (AvgIpc) is 2.92. The van der Waals surface area contributed by atoms with Gasteiger partial charge in [-0.2, -0.15) is 0 Å². The van der Waals surface area contributed by atoms with Crippen molar-refractivity contribution < 1.29 is 9.53 Å². The molecule has 0 N–H and O–H groups in total. The molecule has 2 fully saturated rings. The molecule has 2 aliphatic rings. The third-order valence-electron chi connectivity index (χ3n) is 4.23. The first kappa shape index (κ1) is 13.4. The Morgan fingerprint density at radius 2 is 1.85 bits per heavy atom. The molecule has 2 heterocycles. The van der Waals surface area contributed by atoms with Gasteiger partial charge in [0.1, 0.15) is 6.10 Å². The van der Waals surface area contributed by atoms with E-state index in [1.54, 1.807) is 0 Å². The number of para-hydroxylation sites is 1. The van der Waals surface area contributed by atoms with Crippen molar-refractivity contribution in [1.29, 1.82) is 0 Å². The molecule has 0 bridgehead atoms. The lowest BCUT2D eigenvalue weighted by atomic mass is 10.1. The molecule has 0 amide bonds. The highest BCUT2D eigenvalue weighted by molar-refractivity contribution is 5.71. The molecule has 20 heavy (non-hydrogen) atoms. The van der Waals surface area contributed by atoms with E-state index < -0.39 is 0 Å². The quantitative estimate of drug-likeness (QED) is 0.785. The minimum Gasteiger partial charge on any atom is -0.462 e. The normalized spacial score (nSPS) is 23.9. The first-order valence-corrected chi connectivity index (χ1v) is 7.53. The number of piperazine rings is 1. The van der Waals surface area contributed by atoms with Gasteiger partial charge < -0.3 is 9.64 Å². The van der Waals surface area contributed by atoms with Gasteiger partial charge in [-0.3, -0.25) is 9.69 Å². The number of ether oxygens (including phenoxy) is 1. The molecule has 0 saturated carbocycles. The number of benzene rings is 1. The van der Waals surface area contributed by atoms with Crippen molar-refractivity contribution in [3.63, 3.8) is 0 Å².